The second-order valence-electron chi connectivity index (χ2n) is 2.43. The van der Waals surface area contributed by atoms with Gasteiger partial charge in [0, 0.05) is 12.6 Å². The molecular weight excluding hydrogens is 182 g/mol. The highest BCUT2D eigenvalue weighted by Gasteiger charge is 2.12. The van der Waals surface area contributed by atoms with Crippen LogP contribution < -0.4 is 11.5 Å². The molecule has 5 heteroatoms. The molecule has 0 bridgehead atoms. The number of hydrogen-bond acceptors (Lipinski definition) is 3. The van der Waals surface area contributed by atoms with E-state index in [2.05, 4.69) is 0 Å². The summed E-state index contributed by atoms with van der Waals surface area (Å²) in [6, 6.07) is 1.08. The molecule has 1 aromatic heterocycles. The first kappa shape index (κ1) is 9.57. The minimum Gasteiger partial charge on any atom is -0.329 e. The Morgan fingerprint density at radius 1 is 1.50 bits per heavy atom. The molecule has 0 aliphatic rings. The molecule has 0 saturated heterocycles. The molecule has 0 fully saturated rings. The van der Waals surface area contributed by atoms with Gasteiger partial charge in [0.25, 0.3) is 6.43 Å². The Kier molecular flexibility index (Phi) is 3.13. The van der Waals surface area contributed by atoms with Gasteiger partial charge in [-0.3, -0.25) is 0 Å². The van der Waals surface area contributed by atoms with E-state index in [1.807, 2.05) is 0 Å². The molecule has 0 spiro atoms. The van der Waals surface area contributed by atoms with Gasteiger partial charge >= 0.3 is 0 Å². The zero-order valence-corrected chi connectivity index (χ0v) is 7.15. The number of hydrogen-bond donors (Lipinski definition) is 2. The molecule has 0 amide bonds. The molecule has 0 radical (unpaired) electrons. The molecule has 1 rings (SSSR count). The molecule has 0 aliphatic carbocycles. The van der Waals surface area contributed by atoms with Crippen molar-refractivity contribution in [1.82, 2.24) is 0 Å². The minimum atomic E-state index is -2.41. The van der Waals surface area contributed by atoms with Crippen LogP contribution in [0.15, 0.2) is 11.4 Å². The van der Waals surface area contributed by atoms with Gasteiger partial charge in [0.05, 0.1) is 4.88 Å². The van der Waals surface area contributed by atoms with Crippen LogP contribution in [0.5, 0.6) is 0 Å². The topological polar surface area (TPSA) is 52.0 Å². The van der Waals surface area contributed by atoms with E-state index >= 15 is 0 Å². The Morgan fingerprint density at radius 2 is 2.17 bits per heavy atom. The lowest BCUT2D eigenvalue weighted by atomic mass is 10.1. The normalized spacial score (nSPS) is 13.8. The van der Waals surface area contributed by atoms with Gasteiger partial charge in [-0.25, -0.2) is 8.78 Å². The average Bonchev–Trinajstić information content (AvgIpc) is 2.51. The lowest BCUT2D eigenvalue weighted by Gasteiger charge is -2.03. The number of alkyl halides is 2. The molecule has 4 N–H and O–H groups in total. The van der Waals surface area contributed by atoms with Crippen LogP contribution in [0.4, 0.5) is 8.78 Å². The SMILES string of the molecule is NCC(N)c1csc(C(F)F)c1. The van der Waals surface area contributed by atoms with Crippen molar-refractivity contribution in [3.8, 4) is 0 Å². The second kappa shape index (κ2) is 3.93. The van der Waals surface area contributed by atoms with E-state index in [9.17, 15) is 8.78 Å². The van der Waals surface area contributed by atoms with Crippen LogP contribution in [0.3, 0.4) is 0 Å². The Balaban J connectivity index is 2.77. The lowest BCUT2D eigenvalue weighted by molar-refractivity contribution is 0.155. The Morgan fingerprint density at radius 3 is 2.58 bits per heavy atom. The molecule has 0 aromatic carbocycles. The Hall–Kier alpha value is -0.520. The van der Waals surface area contributed by atoms with Crippen LogP contribution in [0.25, 0.3) is 0 Å². The van der Waals surface area contributed by atoms with E-state index in [1.165, 1.54) is 6.07 Å². The predicted molar refractivity (Wildman–Crippen MR) is 45.3 cm³/mol. The van der Waals surface area contributed by atoms with Crippen molar-refractivity contribution >= 4 is 11.3 Å². The summed E-state index contributed by atoms with van der Waals surface area (Å²) in [5, 5.41) is 1.62. The van der Waals surface area contributed by atoms with Crippen molar-refractivity contribution in [2.45, 2.75) is 12.5 Å². The zero-order valence-electron chi connectivity index (χ0n) is 6.34. The van der Waals surface area contributed by atoms with Crippen molar-refractivity contribution in [3.05, 3.63) is 21.9 Å². The predicted octanol–water partition coefficient (Wildman–Crippen LogP) is 1.64. The van der Waals surface area contributed by atoms with E-state index in [4.69, 9.17) is 11.5 Å². The maximum atomic E-state index is 12.1. The van der Waals surface area contributed by atoms with Crippen molar-refractivity contribution in [3.63, 3.8) is 0 Å². The third kappa shape index (κ3) is 2.00. The first-order valence-corrected chi connectivity index (χ1v) is 4.35. The number of rotatable bonds is 3. The third-order valence-electron chi connectivity index (χ3n) is 1.54. The molecule has 68 valence electrons. The van der Waals surface area contributed by atoms with Gasteiger partial charge < -0.3 is 11.5 Å². The monoisotopic (exact) mass is 192 g/mol. The highest BCUT2D eigenvalue weighted by Crippen LogP contribution is 2.27. The van der Waals surface area contributed by atoms with Gasteiger partial charge in [0.1, 0.15) is 0 Å². The summed E-state index contributed by atoms with van der Waals surface area (Å²) in [4.78, 5) is 0.0499. The molecule has 1 atom stereocenters. The molecule has 1 aromatic rings. The number of nitrogens with two attached hydrogens (primary N) is 2. The number of thiophene rings is 1. The molecular formula is C7H10F2N2S. The Labute approximate surface area is 73.2 Å². The highest BCUT2D eigenvalue weighted by atomic mass is 32.1. The summed E-state index contributed by atoms with van der Waals surface area (Å²) in [7, 11) is 0. The summed E-state index contributed by atoms with van der Waals surface area (Å²) < 4.78 is 24.2. The highest BCUT2D eigenvalue weighted by molar-refractivity contribution is 7.10. The smallest absolute Gasteiger partial charge is 0.272 e. The van der Waals surface area contributed by atoms with Crippen LogP contribution in [0.2, 0.25) is 0 Å². The largest absolute Gasteiger partial charge is 0.329 e. The molecule has 2 nitrogen and oxygen atoms in total. The van der Waals surface area contributed by atoms with Gasteiger partial charge in [0.2, 0.25) is 0 Å². The van der Waals surface area contributed by atoms with E-state index in [0.29, 0.717) is 5.56 Å². The summed E-state index contributed by atoms with van der Waals surface area (Å²) in [6.45, 7) is 0.277. The van der Waals surface area contributed by atoms with Gasteiger partial charge in [0.15, 0.2) is 0 Å². The molecule has 1 unspecified atom stereocenters. The summed E-state index contributed by atoms with van der Waals surface area (Å²) >= 11 is 1.02. The van der Waals surface area contributed by atoms with Crippen LogP contribution in [-0.2, 0) is 0 Å². The van der Waals surface area contributed by atoms with E-state index in [-0.39, 0.29) is 17.5 Å². The third-order valence-corrected chi connectivity index (χ3v) is 2.50. The molecule has 12 heavy (non-hydrogen) atoms. The fourth-order valence-corrected chi connectivity index (χ4v) is 1.64. The van der Waals surface area contributed by atoms with Crippen LogP contribution in [0, 0.1) is 0 Å². The standard InChI is InChI=1S/C7H10F2N2S/c8-7(9)6-1-4(3-12-6)5(11)2-10/h1,3,5,7H,2,10-11H2. The fraction of sp³-hybridized carbons (Fsp3) is 0.429. The van der Waals surface area contributed by atoms with Crippen molar-refractivity contribution < 1.29 is 8.78 Å². The van der Waals surface area contributed by atoms with Crippen molar-refractivity contribution in [1.29, 1.82) is 0 Å². The van der Waals surface area contributed by atoms with Crippen LogP contribution in [-0.4, -0.2) is 6.54 Å². The second-order valence-corrected chi connectivity index (χ2v) is 3.37. The van der Waals surface area contributed by atoms with Gasteiger partial charge in [-0.2, -0.15) is 0 Å². The van der Waals surface area contributed by atoms with E-state index in [0.717, 1.165) is 11.3 Å². The maximum absolute atomic E-state index is 12.1. The molecule has 0 saturated carbocycles. The van der Waals surface area contributed by atoms with Crippen molar-refractivity contribution in [2.24, 2.45) is 11.5 Å². The molecule has 0 aliphatic heterocycles. The fourth-order valence-electron chi connectivity index (χ4n) is 0.813. The quantitative estimate of drug-likeness (QED) is 0.765. The van der Waals surface area contributed by atoms with Gasteiger partial charge in [-0.1, -0.05) is 0 Å². The molecule has 1 heterocycles. The summed E-state index contributed by atoms with van der Waals surface area (Å²) in [5.41, 5.74) is 11.5. The van der Waals surface area contributed by atoms with Gasteiger partial charge in [-0.05, 0) is 17.0 Å². The summed E-state index contributed by atoms with van der Waals surface area (Å²) in [6.07, 6.45) is -2.41. The zero-order chi connectivity index (χ0) is 9.14. The van der Waals surface area contributed by atoms with E-state index in [1.54, 1.807) is 5.38 Å². The Bertz CT molecular complexity index is 249. The van der Waals surface area contributed by atoms with Crippen LogP contribution in [0.1, 0.15) is 22.9 Å². The first-order valence-electron chi connectivity index (χ1n) is 3.47. The van der Waals surface area contributed by atoms with E-state index < -0.39 is 6.43 Å². The minimum absolute atomic E-state index is 0.0499. The van der Waals surface area contributed by atoms with Crippen LogP contribution >= 0.6 is 11.3 Å². The average molecular weight is 192 g/mol. The summed E-state index contributed by atoms with van der Waals surface area (Å²) in [5.74, 6) is 0. The first-order chi connectivity index (χ1) is 5.65. The maximum Gasteiger partial charge on any atom is 0.272 e. The number of halogens is 2. The van der Waals surface area contributed by atoms with Crippen molar-refractivity contribution in [2.75, 3.05) is 6.54 Å². The lowest BCUT2D eigenvalue weighted by Crippen LogP contribution is -2.19. The van der Waals surface area contributed by atoms with Gasteiger partial charge in [-0.15, -0.1) is 11.3 Å².